The van der Waals surface area contributed by atoms with Gasteiger partial charge in [0, 0.05) is 37.6 Å². The summed E-state index contributed by atoms with van der Waals surface area (Å²) in [4.78, 5) is 28.9. The molecule has 3 N–H and O–H groups in total. The maximum atomic E-state index is 12.6. The molecular weight excluding hydrogens is 411 g/mol. The number of carbonyl (C=O) groups is 2. The molecule has 8 heteroatoms. The van der Waals surface area contributed by atoms with Crippen molar-refractivity contribution in [3.63, 3.8) is 0 Å². The molecule has 29 heavy (non-hydrogen) atoms. The first-order valence-corrected chi connectivity index (χ1v) is 9.32. The highest BCUT2D eigenvalue weighted by atomic mass is 35.5. The molecule has 1 heterocycles. The minimum absolute atomic E-state index is 0. The van der Waals surface area contributed by atoms with Crippen LogP contribution in [-0.2, 0) is 11.2 Å². The summed E-state index contributed by atoms with van der Waals surface area (Å²) < 4.78 is 0. The summed E-state index contributed by atoms with van der Waals surface area (Å²) in [5.41, 5.74) is 8.95. The normalized spacial score (nSPS) is 13.8. The molecule has 0 unspecified atom stereocenters. The SMILES string of the molecule is CCc1ccccc1NC(=O)CN1CCN(C(=O)c2ccccc2N)CC1.Cl.Cl. The van der Waals surface area contributed by atoms with E-state index in [2.05, 4.69) is 17.1 Å². The average molecular weight is 439 g/mol. The van der Waals surface area contributed by atoms with Crippen LogP contribution in [0, 0.1) is 0 Å². The number of halogens is 2. The Balaban J connectivity index is 0.00000210. The summed E-state index contributed by atoms with van der Waals surface area (Å²) in [7, 11) is 0. The maximum Gasteiger partial charge on any atom is 0.256 e. The minimum atomic E-state index is -0.0472. The quantitative estimate of drug-likeness (QED) is 0.702. The first-order chi connectivity index (χ1) is 13.1. The maximum absolute atomic E-state index is 12.6. The van der Waals surface area contributed by atoms with E-state index in [0.29, 0.717) is 44.0 Å². The summed E-state index contributed by atoms with van der Waals surface area (Å²) in [5, 5.41) is 3.00. The second kappa shape index (κ2) is 11.7. The standard InChI is InChI=1S/C21H26N4O2.2ClH/c1-2-16-7-3-6-10-19(16)23-20(26)15-24-11-13-25(14-12-24)21(27)17-8-4-5-9-18(17)22;;/h3-10H,2,11-15,22H2,1H3,(H,23,26);2*1H. The number of nitrogens with two attached hydrogens (primary N) is 1. The molecule has 0 radical (unpaired) electrons. The van der Waals surface area contributed by atoms with Crippen LogP contribution in [0.4, 0.5) is 11.4 Å². The highest BCUT2D eigenvalue weighted by Gasteiger charge is 2.24. The van der Waals surface area contributed by atoms with E-state index in [1.54, 1.807) is 17.0 Å². The Morgan fingerprint density at radius 3 is 2.24 bits per heavy atom. The molecule has 2 aromatic carbocycles. The zero-order valence-corrected chi connectivity index (χ0v) is 18.1. The highest BCUT2D eigenvalue weighted by Crippen LogP contribution is 2.17. The van der Waals surface area contributed by atoms with Crippen molar-refractivity contribution >= 4 is 48.0 Å². The molecule has 2 amide bonds. The fraction of sp³-hybridized carbons (Fsp3) is 0.333. The number of hydrogen-bond acceptors (Lipinski definition) is 4. The zero-order chi connectivity index (χ0) is 19.2. The van der Waals surface area contributed by atoms with Gasteiger partial charge in [0.25, 0.3) is 5.91 Å². The molecule has 6 nitrogen and oxygen atoms in total. The molecule has 0 saturated carbocycles. The Morgan fingerprint density at radius 2 is 1.59 bits per heavy atom. The lowest BCUT2D eigenvalue weighted by Gasteiger charge is -2.34. The van der Waals surface area contributed by atoms with E-state index in [-0.39, 0.29) is 36.6 Å². The minimum Gasteiger partial charge on any atom is -0.398 e. The third-order valence-electron chi connectivity index (χ3n) is 4.89. The van der Waals surface area contributed by atoms with E-state index in [0.717, 1.165) is 17.7 Å². The van der Waals surface area contributed by atoms with Crippen LogP contribution >= 0.6 is 24.8 Å². The fourth-order valence-electron chi connectivity index (χ4n) is 3.31. The number of hydrogen-bond donors (Lipinski definition) is 2. The van der Waals surface area contributed by atoms with Crippen LogP contribution in [0.5, 0.6) is 0 Å². The van der Waals surface area contributed by atoms with Crippen LogP contribution in [0.1, 0.15) is 22.8 Å². The number of anilines is 2. The van der Waals surface area contributed by atoms with E-state index >= 15 is 0 Å². The molecule has 1 aliphatic heterocycles. The number of nitrogens with one attached hydrogen (secondary N) is 1. The van der Waals surface area contributed by atoms with Crippen molar-refractivity contribution < 1.29 is 9.59 Å². The third kappa shape index (κ3) is 6.35. The Morgan fingerprint density at radius 1 is 0.966 bits per heavy atom. The largest absolute Gasteiger partial charge is 0.398 e. The Kier molecular flexibility index (Phi) is 9.95. The molecule has 0 aromatic heterocycles. The van der Waals surface area contributed by atoms with Crippen LogP contribution < -0.4 is 11.1 Å². The van der Waals surface area contributed by atoms with Gasteiger partial charge in [0.1, 0.15) is 0 Å². The Bertz CT molecular complexity index is 824. The summed E-state index contributed by atoms with van der Waals surface area (Å²) in [5.74, 6) is -0.0722. The van der Waals surface area contributed by atoms with Gasteiger partial charge in [-0.3, -0.25) is 14.5 Å². The molecule has 0 aliphatic carbocycles. The summed E-state index contributed by atoms with van der Waals surface area (Å²) in [6.07, 6.45) is 0.875. The van der Waals surface area contributed by atoms with E-state index < -0.39 is 0 Å². The number of carbonyl (C=O) groups excluding carboxylic acids is 2. The molecular formula is C21H28Cl2N4O2. The first-order valence-electron chi connectivity index (χ1n) is 9.32. The Labute approximate surface area is 184 Å². The third-order valence-corrected chi connectivity index (χ3v) is 4.89. The van der Waals surface area contributed by atoms with Crippen molar-refractivity contribution in [3.8, 4) is 0 Å². The average Bonchev–Trinajstić information content (AvgIpc) is 2.69. The number of nitrogens with zero attached hydrogens (tertiary/aromatic N) is 2. The number of benzene rings is 2. The second-order valence-electron chi connectivity index (χ2n) is 6.71. The molecule has 0 spiro atoms. The number of rotatable bonds is 5. The predicted molar refractivity (Wildman–Crippen MR) is 122 cm³/mol. The van der Waals surface area contributed by atoms with Crippen LogP contribution in [0.25, 0.3) is 0 Å². The predicted octanol–water partition coefficient (Wildman–Crippen LogP) is 3.07. The van der Waals surface area contributed by atoms with Crippen LogP contribution in [0.2, 0.25) is 0 Å². The van der Waals surface area contributed by atoms with E-state index in [9.17, 15) is 9.59 Å². The van der Waals surface area contributed by atoms with Crippen molar-refractivity contribution in [3.05, 3.63) is 59.7 Å². The number of nitrogen functional groups attached to an aromatic ring is 1. The lowest BCUT2D eigenvalue weighted by molar-refractivity contribution is -0.117. The van der Waals surface area contributed by atoms with E-state index in [4.69, 9.17) is 5.73 Å². The first kappa shape index (κ1) is 24.8. The zero-order valence-electron chi connectivity index (χ0n) is 16.5. The molecule has 0 atom stereocenters. The molecule has 1 aliphatic rings. The molecule has 1 fully saturated rings. The molecule has 0 bridgehead atoms. The topological polar surface area (TPSA) is 78.7 Å². The number of aryl methyl sites for hydroxylation is 1. The van der Waals surface area contributed by atoms with Gasteiger partial charge in [-0.05, 0) is 30.2 Å². The van der Waals surface area contributed by atoms with Gasteiger partial charge in [-0.1, -0.05) is 37.3 Å². The van der Waals surface area contributed by atoms with E-state index in [1.807, 2.05) is 36.4 Å². The number of amides is 2. The van der Waals surface area contributed by atoms with Gasteiger partial charge >= 0.3 is 0 Å². The fourth-order valence-corrected chi connectivity index (χ4v) is 3.31. The lowest BCUT2D eigenvalue weighted by atomic mass is 10.1. The summed E-state index contributed by atoms with van der Waals surface area (Å²) in [6, 6.07) is 15.0. The van der Waals surface area contributed by atoms with Gasteiger partial charge in [0.2, 0.25) is 5.91 Å². The molecule has 1 saturated heterocycles. The van der Waals surface area contributed by atoms with Crippen LogP contribution in [0.15, 0.2) is 48.5 Å². The molecule has 2 aromatic rings. The Hall–Kier alpha value is -2.28. The van der Waals surface area contributed by atoms with Crippen molar-refractivity contribution in [1.29, 1.82) is 0 Å². The van der Waals surface area contributed by atoms with Gasteiger partial charge in [-0.15, -0.1) is 24.8 Å². The lowest BCUT2D eigenvalue weighted by Crippen LogP contribution is -2.50. The van der Waals surface area contributed by atoms with Crippen molar-refractivity contribution in [1.82, 2.24) is 9.80 Å². The van der Waals surface area contributed by atoms with Crippen molar-refractivity contribution in [2.45, 2.75) is 13.3 Å². The van der Waals surface area contributed by atoms with E-state index in [1.165, 1.54) is 0 Å². The van der Waals surface area contributed by atoms with Gasteiger partial charge in [-0.2, -0.15) is 0 Å². The van der Waals surface area contributed by atoms with Crippen molar-refractivity contribution in [2.75, 3.05) is 43.8 Å². The van der Waals surface area contributed by atoms with Crippen molar-refractivity contribution in [2.24, 2.45) is 0 Å². The number of para-hydroxylation sites is 2. The summed E-state index contributed by atoms with van der Waals surface area (Å²) >= 11 is 0. The number of piperazine rings is 1. The smallest absolute Gasteiger partial charge is 0.256 e. The van der Waals surface area contributed by atoms with Gasteiger partial charge < -0.3 is 16.0 Å². The van der Waals surface area contributed by atoms with Crippen LogP contribution in [-0.4, -0.2) is 54.3 Å². The van der Waals surface area contributed by atoms with Crippen LogP contribution in [0.3, 0.4) is 0 Å². The van der Waals surface area contributed by atoms with Gasteiger partial charge in [0.15, 0.2) is 0 Å². The molecule has 158 valence electrons. The molecule has 3 rings (SSSR count). The summed E-state index contributed by atoms with van der Waals surface area (Å²) in [6.45, 7) is 4.91. The van der Waals surface area contributed by atoms with Gasteiger partial charge in [0.05, 0.1) is 12.1 Å². The second-order valence-corrected chi connectivity index (χ2v) is 6.71. The monoisotopic (exact) mass is 438 g/mol. The highest BCUT2D eigenvalue weighted by molar-refractivity contribution is 5.99. The van der Waals surface area contributed by atoms with Gasteiger partial charge in [-0.25, -0.2) is 0 Å².